The van der Waals surface area contributed by atoms with E-state index in [0.717, 1.165) is 16.8 Å². The van der Waals surface area contributed by atoms with Gasteiger partial charge >= 0.3 is 0 Å². The SMILES string of the molecule is CC(C)(C)OCC(O)CN(Cc1ccc(F)cc1)CC1CC(c2ccccc2)=NO1. The van der Waals surface area contributed by atoms with Crippen LogP contribution in [0.2, 0.25) is 0 Å². The summed E-state index contributed by atoms with van der Waals surface area (Å²) in [7, 11) is 0. The second-order valence-corrected chi connectivity index (χ2v) is 8.73. The first-order chi connectivity index (χ1) is 14.3. The van der Waals surface area contributed by atoms with Crippen molar-refractivity contribution in [1.29, 1.82) is 0 Å². The molecule has 162 valence electrons. The van der Waals surface area contributed by atoms with Crippen molar-refractivity contribution in [3.05, 3.63) is 71.5 Å². The van der Waals surface area contributed by atoms with Crippen LogP contribution in [0.25, 0.3) is 0 Å². The number of rotatable bonds is 9. The van der Waals surface area contributed by atoms with Gasteiger partial charge in [0.15, 0.2) is 0 Å². The molecule has 6 heteroatoms. The Morgan fingerprint density at radius 1 is 1.17 bits per heavy atom. The quantitative estimate of drug-likeness (QED) is 0.674. The second kappa shape index (κ2) is 10.2. The lowest BCUT2D eigenvalue weighted by atomic mass is 10.0. The fourth-order valence-electron chi connectivity index (χ4n) is 3.36. The molecule has 1 aliphatic heterocycles. The summed E-state index contributed by atoms with van der Waals surface area (Å²) >= 11 is 0. The van der Waals surface area contributed by atoms with Crippen molar-refractivity contribution in [2.75, 3.05) is 19.7 Å². The number of aliphatic hydroxyl groups is 1. The third kappa shape index (κ3) is 7.20. The molecule has 2 aromatic rings. The molecule has 2 atom stereocenters. The van der Waals surface area contributed by atoms with Gasteiger partial charge in [-0.1, -0.05) is 47.6 Å². The summed E-state index contributed by atoms with van der Waals surface area (Å²) in [4.78, 5) is 7.79. The fourth-order valence-corrected chi connectivity index (χ4v) is 3.36. The van der Waals surface area contributed by atoms with Crippen LogP contribution in [0.4, 0.5) is 4.39 Å². The summed E-state index contributed by atoms with van der Waals surface area (Å²) in [5.74, 6) is -0.260. The predicted octanol–water partition coefficient (Wildman–Crippen LogP) is 4.00. The van der Waals surface area contributed by atoms with Gasteiger partial charge in [0.1, 0.15) is 11.9 Å². The number of oxime groups is 1. The van der Waals surface area contributed by atoms with Crippen LogP contribution in [0.1, 0.15) is 38.3 Å². The van der Waals surface area contributed by atoms with Crippen molar-refractivity contribution < 1.29 is 19.1 Å². The molecule has 1 N–H and O–H groups in total. The highest BCUT2D eigenvalue weighted by molar-refractivity contribution is 6.01. The average molecular weight is 415 g/mol. The van der Waals surface area contributed by atoms with E-state index in [1.807, 2.05) is 51.1 Å². The first-order valence-corrected chi connectivity index (χ1v) is 10.4. The van der Waals surface area contributed by atoms with Gasteiger partial charge in [0.2, 0.25) is 0 Å². The molecule has 5 nitrogen and oxygen atoms in total. The summed E-state index contributed by atoms with van der Waals surface area (Å²) in [6.07, 6.45) is -0.0320. The zero-order valence-electron chi connectivity index (χ0n) is 17.9. The maximum Gasteiger partial charge on any atom is 0.145 e. The van der Waals surface area contributed by atoms with Crippen molar-refractivity contribution in [2.45, 2.75) is 51.5 Å². The molecule has 0 fully saturated rings. The molecule has 0 radical (unpaired) electrons. The van der Waals surface area contributed by atoms with E-state index in [1.165, 1.54) is 12.1 Å². The van der Waals surface area contributed by atoms with E-state index in [1.54, 1.807) is 12.1 Å². The molecule has 0 spiro atoms. The highest BCUT2D eigenvalue weighted by Gasteiger charge is 2.26. The average Bonchev–Trinajstić information content (AvgIpc) is 3.17. The maximum atomic E-state index is 13.3. The lowest BCUT2D eigenvalue weighted by Crippen LogP contribution is -2.40. The molecule has 0 saturated heterocycles. The normalized spacial score (nSPS) is 17.7. The van der Waals surface area contributed by atoms with Crippen molar-refractivity contribution in [1.82, 2.24) is 4.90 Å². The van der Waals surface area contributed by atoms with E-state index in [2.05, 4.69) is 10.1 Å². The van der Waals surface area contributed by atoms with Gasteiger partial charge in [0, 0.05) is 26.1 Å². The molecular formula is C24H31FN2O3. The van der Waals surface area contributed by atoms with Gasteiger partial charge in [0.25, 0.3) is 0 Å². The Morgan fingerprint density at radius 2 is 1.87 bits per heavy atom. The first kappa shape index (κ1) is 22.4. The molecule has 0 aromatic heterocycles. The Kier molecular flexibility index (Phi) is 7.58. The Morgan fingerprint density at radius 3 is 2.53 bits per heavy atom. The van der Waals surface area contributed by atoms with Gasteiger partial charge in [-0.05, 0) is 44.0 Å². The molecule has 0 bridgehead atoms. The van der Waals surface area contributed by atoms with Crippen LogP contribution in [0.5, 0.6) is 0 Å². The van der Waals surface area contributed by atoms with Gasteiger partial charge in [-0.3, -0.25) is 4.90 Å². The summed E-state index contributed by atoms with van der Waals surface area (Å²) in [5, 5.41) is 14.8. The van der Waals surface area contributed by atoms with Crippen molar-refractivity contribution in [3.63, 3.8) is 0 Å². The van der Waals surface area contributed by atoms with Crippen LogP contribution < -0.4 is 0 Å². The molecule has 1 aliphatic rings. The number of halogens is 1. The highest BCUT2D eigenvalue weighted by Crippen LogP contribution is 2.19. The summed E-state index contributed by atoms with van der Waals surface area (Å²) in [5.41, 5.74) is 2.65. The molecule has 2 aromatic carbocycles. The summed E-state index contributed by atoms with van der Waals surface area (Å²) in [6.45, 7) is 7.74. The fraction of sp³-hybridized carbons (Fsp3) is 0.458. The first-order valence-electron chi connectivity index (χ1n) is 10.4. The van der Waals surface area contributed by atoms with Gasteiger partial charge in [-0.2, -0.15) is 0 Å². The predicted molar refractivity (Wildman–Crippen MR) is 116 cm³/mol. The third-order valence-corrected chi connectivity index (χ3v) is 4.80. The number of aliphatic hydroxyl groups excluding tert-OH is 1. The van der Waals surface area contributed by atoms with Crippen LogP contribution in [0.3, 0.4) is 0 Å². The standard InChI is InChI=1S/C24H31FN2O3/c1-24(2,3)29-17-21(28)15-27(14-18-9-11-20(25)12-10-18)16-22-13-23(26-30-22)19-7-5-4-6-8-19/h4-12,21-22,28H,13-17H2,1-3H3. The van der Waals surface area contributed by atoms with Crippen LogP contribution in [0.15, 0.2) is 59.8 Å². The van der Waals surface area contributed by atoms with E-state index in [-0.39, 0.29) is 24.1 Å². The second-order valence-electron chi connectivity index (χ2n) is 8.73. The number of hydrogen-bond acceptors (Lipinski definition) is 5. The monoisotopic (exact) mass is 414 g/mol. The number of hydrogen-bond donors (Lipinski definition) is 1. The Hall–Kier alpha value is -2.28. The molecule has 2 unspecified atom stereocenters. The minimum Gasteiger partial charge on any atom is -0.390 e. The van der Waals surface area contributed by atoms with E-state index < -0.39 is 6.10 Å². The maximum absolute atomic E-state index is 13.3. The topological polar surface area (TPSA) is 54.3 Å². The van der Waals surface area contributed by atoms with Crippen LogP contribution in [0, 0.1) is 5.82 Å². The van der Waals surface area contributed by atoms with Crippen molar-refractivity contribution in [3.8, 4) is 0 Å². The molecule has 30 heavy (non-hydrogen) atoms. The Labute approximate surface area is 178 Å². The lowest BCUT2D eigenvalue weighted by molar-refractivity contribution is -0.0600. The van der Waals surface area contributed by atoms with Crippen molar-refractivity contribution in [2.24, 2.45) is 5.16 Å². The molecule has 0 amide bonds. The minimum atomic E-state index is -0.638. The van der Waals surface area contributed by atoms with Crippen LogP contribution in [-0.4, -0.2) is 53.2 Å². The zero-order chi connectivity index (χ0) is 21.6. The van der Waals surface area contributed by atoms with E-state index in [4.69, 9.17) is 9.57 Å². The number of benzene rings is 2. The zero-order valence-corrected chi connectivity index (χ0v) is 17.9. The van der Waals surface area contributed by atoms with Gasteiger partial charge in [-0.15, -0.1) is 0 Å². The highest BCUT2D eigenvalue weighted by atomic mass is 19.1. The minimum absolute atomic E-state index is 0.101. The Bertz CT molecular complexity index is 819. The van der Waals surface area contributed by atoms with Crippen LogP contribution >= 0.6 is 0 Å². The third-order valence-electron chi connectivity index (χ3n) is 4.80. The van der Waals surface area contributed by atoms with E-state index in [9.17, 15) is 9.50 Å². The van der Waals surface area contributed by atoms with E-state index in [0.29, 0.717) is 26.1 Å². The molecule has 3 rings (SSSR count). The van der Waals surface area contributed by atoms with Crippen molar-refractivity contribution >= 4 is 5.71 Å². The molecule has 0 saturated carbocycles. The molecule has 1 heterocycles. The van der Waals surface area contributed by atoms with Crippen LogP contribution in [-0.2, 0) is 16.1 Å². The Balaban J connectivity index is 1.61. The number of nitrogens with zero attached hydrogens (tertiary/aromatic N) is 2. The van der Waals surface area contributed by atoms with Gasteiger partial charge < -0.3 is 14.7 Å². The smallest absolute Gasteiger partial charge is 0.145 e. The molecule has 0 aliphatic carbocycles. The van der Waals surface area contributed by atoms with Gasteiger partial charge in [0.05, 0.1) is 24.0 Å². The van der Waals surface area contributed by atoms with E-state index >= 15 is 0 Å². The summed E-state index contributed by atoms with van der Waals surface area (Å²) < 4.78 is 19.0. The molecular weight excluding hydrogens is 383 g/mol. The lowest BCUT2D eigenvalue weighted by Gasteiger charge is -2.28. The summed E-state index contributed by atoms with van der Waals surface area (Å²) in [6, 6.07) is 16.4. The number of ether oxygens (including phenoxy) is 1. The van der Waals surface area contributed by atoms with Gasteiger partial charge in [-0.25, -0.2) is 4.39 Å². The largest absolute Gasteiger partial charge is 0.390 e.